The first-order valence-corrected chi connectivity index (χ1v) is 7.00. The molecule has 0 unspecified atom stereocenters. The molecule has 0 fully saturated rings. The average Bonchev–Trinajstić information content (AvgIpc) is 2.54. The molecule has 9 heteroatoms. The zero-order valence-electron chi connectivity index (χ0n) is 13.7. The highest BCUT2D eigenvalue weighted by atomic mass is 127. The molecule has 1 rings (SSSR count). The van der Waals surface area contributed by atoms with E-state index in [9.17, 15) is 14.9 Å². The van der Waals surface area contributed by atoms with Crippen molar-refractivity contribution < 1.29 is 9.72 Å². The summed E-state index contributed by atoms with van der Waals surface area (Å²) in [7, 11) is 3.35. The fourth-order valence-electron chi connectivity index (χ4n) is 1.55. The molecule has 0 radical (unpaired) electrons. The molecular formula is C15H22IN5O3. The zero-order valence-corrected chi connectivity index (χ0v) is 16.0. The molecule has 1 aromatic carbocycles. The summed E-state index contributed by atoms with van der Waals surface area (Å²) in [5, 5.41) is 16.5. The lowest BCUT2D eigenvalue weighted by Gasteiger charge is -2.14. The third kappa shape index (κ3) is 7.90. The minimum absolute atomic E-state index is 0. The number of aliphatic imine (C=N–C) groups is 1. The summed E-state index contributed by atoms with van der Waals surface area (Å²) in [6, 6.07) is 6.17. The van der Waals surface area contributed by atoms with E-state index in [2.05, 4.69) is 22.2 Å². The normalized spacial score (nSPS) is 10.3. The van der Waals surface area contributed by atoms with E-state index in [4.69, 9.17) is 0 Å². The second kappa shape index (κ2) is 11.4. The second-order valence-corrected chi connectivity index (χ2v) is 4.90. The molecule has 0 saturated heterocycles. The van der Waals surface area contributed by atoms with E-state index in [1.54, 1.807) is 32.3 Å². The number of amides is 1. The van der Waals surface area contributed by atoms with E-state index in [-0.39, 0.29) is 42.1 Å². The molecule has 0 aliphatic heterocycles. The van der Waals surface area contributed by atoms with Gasteiger partial charge in [-0.05, 0) is 5.56 Å². The van der Waals surface area contributed by atoms with Crippen LogP contribution in [0.25, 0.3) is 0 Å². The van der Waals surface area contributed by atoms with E-state index in [1.165, 1.54) is 17.0 Å². The Balaban J connectivity index is 0.00000529. The minimum Gasteiger partial charge on any atom is -0.353 e. The molecule has 0 bridgehead atoms. The van der Waals surface area contributed by atoms with Gasteiger partial charge in [0.15, 0.2) is 5.96 Å². The van der Waals surface area contributed by atoms with Crippen molar-refractivity contribution >= 4 is 41.5 Å². The Bertz CT molecular complexity index is 587. The van der Waals surface area contributed by atoms with Gasteiger partial charge in [0.2, 0.25) is 5.91 Å². The number of carbonyl (C=O) groups excluding carboxylic acids is 1. The van der Waals surface area contributed by atoms with Gasteiger partial charge in [-0.25, -0.2) is 4.99 Å². The van der Waals surface area contributed by atoms with Crippen LogP contribution in [0.2, 0.25) is 0 Å². The monoisotopic (exact) mass is 447 g/mol. The first-order chi connectivity index (χ1) is 10.9. The molecule has 0 atom stereocenters. The van der Waals surface area contributed by atoms with Crippen molar-refractivity contribution in [3.8, 4) is 0 Å². The van der Waals surface area contributed by atoms with Crippen LogP contribution in [0.4, 0.5) is 5.69 Å². The highest BCUT2D eigenvalue weighted by Gasteiger charge is 2.06. The number of rotatable bonds is 7. The Morgan fingerprint density at radius 3 is 2.46 bits per heavy atom. The molecule has 0 heterocycles. The van der Waals surface area contributed by atoms with E-state index >= 15 is 0 Å². The lowest BCUT2D eigenvalue weighted by atomic mass is 10.2. The van der Waals surface area contributed by atoms with Crippen LogP contribution in [0.3, 0.4) is 0 Å². The maximum absolute atomic E-state index is 11.6. The maximum Gasteiger partial charge on any atom is 0.269 e. The average molecular weight is 447 g/mol. The summed E-state index contributed by atoms with van der Waals surface area (Å²) >= 11 is 0. The first kappa shape index (κ1) is 21.8. The third-order valence-electron chi connectivity index (χ3n) is 2.89. The molecule has 0 saturated carbocycles. The Morgan fingerprint density at radius 2 is 1.96 bits per heavy atom. The van der Waals surface area contributed by atoms with Crippen LogP contribution in [-0.2, 0) is 11.3 Å². The number of nitro groups is 1. The number of hydrogen-bond donors (Lipinski definition) is 2. The number of halogens is 1. The lowest BCUT2D eigenvalue weighted by Crippen LogP contribution is -2.43. The molecular weight excluding hydrogens is 425 g/mol. The molecule has 1 aromatic rings. The number of non-ortho nitro benzene ring substituents is 1. The van der Waals surface area contributed by atoms with Gasteiger partial charge in [0.1, 0.15) is 0 Å². The number of nitrogens with one attached hydrogen (secondary N) is 2. The van der Waals surface area contributed by atoms with Crippen LogP contribution in [0.5, 0.6) is 0 Å². The number of nitrogens with zero attached hydrogens (tertiary/aromatic N) is 3. The van der Waals surface area contributed by atoms with Crippen molar-refractivity contribution in [3.05, 3.63) is 52.6 Å². The van der Waals surface area contributed by atoms with Gasteiger partial charge in [0.05, 0.1) is 18.0 Å². The van der Waals surface area contributed by atoms with Crippen molar-refractivity contribution in [1.82, 2.24) is 15.5 Å². The largest absolute Gasteiger partial charge is 0.353 e. The number of carbonyl (C=O) groups is 1. The Hall–Kier alpha value is -2.17. The van der Waals surface area contributed by atoms with Crippen molar-refractivity contribution in [2.45, 2.75) is 6.54 Å². The Kier molecular flexibility index (Phi) is 10.3. The minimum atomic E-state index is -0.446. The van der Waals surface area contributed by atoms with Gasteiger partial charge in [-0.1, -0.05) is 18.2 Å². The highest BCUT2D eigenvalue weighted by Crippen LogP contribution is 2.12. The molecule has 24 heavy (non-hydrogen) atoms. The third-order valence-corrected chi connectivity index (χ3v) is 2.89. The van der Waals surface area contributed by atoms with Crippen LogP contribution < -0.4 is 10.6 Å². The van der Waals surface area contributed by atoms with Gasteiger partial charge in [0, 0.05) is 32.8 Å². The highest BCUT2D eigenvalue weighted by molar-refractivity contribution is 14.0. The van der Waals surface area contributed by atoms with Crippen molar-refractivity contribution in [3.63, 3.8) is 0 Å². The van der Waals surface area contributed by atoms with Gasteiger partial charge in [0.25, 0.3) is 5.69 Å². The molecule has 0 aromatic heterocycles. The number of guanidine groups is 1. The van der Waals surface area contributed by atoms with Crippen LogP contribution >= 0.6 is 24.0 Å². The Labute approximate surface area is 158 Å². The van der Waals surface area contributed by atoms with Gasteiger partial charge in [-0.3, -0.25) is 14.9 Å². The predicted molar refractivity (Wildman–Crippen MR) is 105 cm³/mol. The molecule has 0 spiro atoms. The quantitative estimate of drug-likeness (QED) is 0.165. The topological polar surface area (TPSA) is 99.9 Å². The van der Waals surface area contributed by atoms with Crippen LogP contribution in [0.15, 0.2) is 41.9 Å². The van der Waals surface area contributed by atoms with Crippen LogP contribution in [0, 0.1) is 10.1 Å². The van der Waals surface area contributed by atoms with Crippen molar-refractivity contribution in [1.29, 1.82) is 0 Å². The molecule has 0 aliphatic rings. The summed E-state index contributed by atoms with van der Waals surface area (Å²) in [6.07, 6.45) is 1.68. The lowest BCUT2D eigenvalue weighted by molar-refractivity contribution is -0.384. The van der Waals surface area contributed by atoms with E-state index in [0.717, 1.165) is 5.56 Å². The maximum atomic E-state index is 11.6. The number of benzene rings is 1. The Morgan fingerprint density at radius 1 is 1.33 bits per heavy atom. The number of hydrogen-bond acceptors (Lipinski definition) is 4. The van der Waals surface area contributed by atoms with Gasteiger partial charge < -0.3 is 15.5 Å². The van der Waals surface area contributed by atoms with Crippen molar-refractivity contribution in [2.24, 2.45) is 4.99 Å². The summed E-state index contributed by atoms with van der Waals surface area (Å²) in [5.74, 6) is 0.395. The number of nitro benzene ring substituents is 1. The molecule has 132 valence electrons. The predicted octanol–water partition coefficient (Wildman–Crippen LogP) is 1.52. The summed E-state index contributed by atoms with van der Waals surface area (Å²) in [5.41, 5.74) is 0.867. The number of likely N-dealkylation sites (N-methyl/N-ethyl adjacent to an activating group) is 1. The molecule has 1 amide bonds. The zero-order chi connectivity index (χ0) is 17.2. The fourth-order valence-corrected chi connectivity index (χ4v) is 1.55. The van der Waals surface area contributed by atoms with E-state index in [1.807, 2.05) is 0 Å². The van der Waals surface area contributed by atoms with Gasteiger partial charge >= 0.3 is 0 Å². The first-order valence-electron chi connectivity index (χ1n) is 7.00. The van der Waals surface area contributed by atoms with Gasteiger partial charge in [-0.2, -0.15) is 0 Å². The SMILES string of the molecule is C=CCNC(=NCc1ccc([N+](=O)[O-])cc1)NCC(=O)N(C)C.I. The molecule has 8 nitrogen and oxygen atoms in total. The van der Waals surface area contributed by atoms with E-state index in [0.29, 0.717) is 19.0 Å². The summed E-state index contributed by atoms with van der Waals surface area (Å²) < 4.78 is 0. The fraction of sp³-hybridized carbons (Fsp3) is 0.333. The smallest absolute Gasteiger partial charge is 0.269 e. The standard InChI is InChI=1S/C15H21N5O3.HI/c1-4-9-16-15(18-11-14(21)19(2)3)17-10-12-5-7-13(8-6-12)20(22)23;/h4-8H,1,9-11H2,2-3H3,(H2,16,17,18);1H. The van der Waals surface area contributed by atoms with Crippen LogP contribution in [-0.4, -0.2) is 48.9 Å². The molecule has 2 N–H and O–H groups in total. The summed E-state index contributed by atoms with van der Waals surface area (Å²) in [6.45, 7) is 4.57. The molecule has 0 aliphatic carbocycles. The van der Waals surface area contributed by atoms with Crippen LogP contribution in [0.1, 0.15) is 5.56 Å². The van der Waals surface area contributed by atoms with Gasteiger partial charge in [-0.15, -0.1) is 30.6 Å². The second-order valence-electron chi connectivity index (χ2n) is 4.90. The van der Waals surface area contributed by atoms with Crippen molar-refractivity contribution in [2.75, 3.05) is 27.2 Å². The van der Waals surface area contributed by atoms with E-state index < -0.39 is 4.92 Å². The summed E-state index contributed by atoms with van der Waals surface area (Å²) in [4.78, 5) is 27.6.